The van der Waals surface area contributed by atoms with Crippen LogP contribution in [0.4, 0.5) is 0 Å². The molecule has 0 heterocycles. The Balaban J connectivity index is 2.43. The Bertz CT molecular complexity index is 329. The molecule has 1 aromatic carbocycles. The molecule has 0 atom stereocenters. The third-order valence-corrected chi connectivity index (χ3v) is 2.59. The van der Waals surface area contributed by atoms with Crippen LogP contribution in [0.25, 0.3) is 0 Å². The molecule has 0 saturated heterocycles. The van der Waals surface area contributed by atoms with Crippen LogP contribution in [0.1, 0.15) is 5.56 Å². The number of methoxy groups -OCH3 is 2. The number of hydrogen-bond acceptors (Lipinski definition) is 4. The molecule has 0 aromatic heterocycles. The van der Waals surface area contributed by atoms with E-state index in [1.807, 2.05) is 19.2 Å². The van der Waals surface area contributed by atoms with Gasteiger partial charge in [0.15, 0.2) is 11.5 Å². The zero-order valence-corrected chi connectivity index (χ0v) is 10.9. The zero-order valence-electron chi connectivity index (χ0n) is 10.9. The summed E-state index contributed by atoms with van der Waals surface area (Å²) in [4.78, 5) is 0. The van der Waals surface area contributed by atoms with E-state index in [-0.39, 0.29) is 0 Å². The molecule has 4 heteroatoms. The van der Waals surface area contributed by atoms with Gasteiger partial charge in [0.25, 0.3) is 0 Å². The number of nitrogens with one attached hydrogen (secondary N) is 2. The van der Waals surface area contributed by atoms with E-state index in [9.17, 15) is 0 Å². The lowest BCUT2D eigenvalue weighted by molar-refractivity contribution is 0.354. The van der Waals surface area contributed by atoms with Crippen molar-refractivity contribution in [2.75, 3.05) is 40.9 Å². The van der Waals surface area contributed by atoms with Gasteiger partial charge in [0, 0.05) is 13.1 Å². The largest absolute Gasteiger partial charge is 0.493 e. The van der Waals surface area contributed by atoms with Gasteiger partial charge in [-0.2, -0.15) is 0 Å². The number of ether oxygens (including phenoxy) is 2. The molecule has 0 aliphatic heterocycles. The van der Waals surface area contributed by atoms with E-state index in [0.29, 0.717) is 0 Å². The van der Waals surface area contributed by atoms with Crippen molar-refractivity contribution in [3.8, 4) is 11.5 Å². The highest BCUT2D eigenvalue weighted by Crippen LogP contribution is 2.27. The molecule has 0 spiro atoms. The minimum Gasteiger partial charge on any atom is -0.493 e. The Labute approximate surface area is 103 Å². The lowest BCUT2D eigenvalue weighted by Gasteiger charge is -2.10. The van der Waals surface area contributed by atoms with Gasteiger partial charge in [-0.25, -0.2) is 0 Å². The second-order valence-electron chi connectivity index (χ2n) is 3.79. The minimum absolute atomic E-state index is 0.777. The lowest BCUT2D eigenvalue weighted by Crippen LogP contribution is -2.26. The highest BCUT2D eigenvalue weighted by molar-refractivity contribution is 5.42. The molecule has 0 aliphatic rings. The molecule has 0 unspecified atom stereocenters. The van der Waals surface area contributed by atoms with Gasteiger partial charge < -0.3 is 20.1 Å². The summed E-state index contributed by atoms with van der Waals surface area (Å²) in [6.07, 6.45) is 0.990. The predicted octanol–water partition coefficient (Wildman–Crippen LogP) is 1.06. The van der Waals surface area contributed by atoms with Crippen molar-refractivity contribution in [1.82, 2.24) is 10.6 Å². The number of hydrogen-bond donors (Lipinski definition) is 2. The highest BCUT2D eigenvalue weighted by Gasteiger charge is 2.03. The van der Waals surface area contributed by atoms with Gasteiger partial charge in [0.2, 0.25) is 0 Å². The van der Waals surface area contributed by atoms with Crippen LogP contribution in [-0.4, -0.2) is 40.9 Å². The Kier molecular flexibility index (Phi) is 6.43. The second kappa shape index (κ2) is 7.92. The van der Waals surface area contributed by atoms with Crippen molar-refractivity contribution >= 4 is 0 Å². The lowest BCUT2D eigenvalue weighted by atomic mass is 10.1. The molecule has 0 fully saturated rings. The van der Waals surface area contributed by atoms with Crippen molar-refractivity contribution in [3.63, 3.8) is 0 Å². The fourth-order valence-electron chi connectivity index (χ4n) is 1.61. The number of benzene rings is 1. The van der Waals surface area contributed by atoms with E-state index in [0.717, 1.165) is 37.6 Å². The van der Waals surface area contributed by atoms with Gasteiger partial charge in [-0.3, -0.25) is 0 Å². The molecule has 17 heavy (non-hydrogen) atoms. The highest BCUT2D eigenvalue weighted by atomic mass is 16.5. The second-order valence-corrected chi connectivity index (χ2v) is 3.79. The summed E-state index contributed by atoms with van der Waals surface area (Å²) >= 11 is 0. The first kappa shape index (κ1) is 13.8. The standard InChI is InChI=1S/C13H22N2O2/c1-14-8-9-15-7-6-11-4-5-12(16-2)13(10-11)17-3/h4-5,10,14-15H,6-9H2,1-3H3. The van der Waals surface area contributed by atoms with Crippen LogP contribution in [-0.2, 0) is 6.42 Å². The first-order valence-corrected chi connectivity index (χ1v) is 5.88. The van der Waals surface area contributed by atoms with Gasteiger partial charge in [0.05, 0.1) is 14.2 Å². The summed E-state index contributed by atoms with van der Waals surface area (Å²) in [6.45, 7) is 2.95. The molecule has 4 nitrogen and oxygen atoms in total. The van der Waals surface area contributed by atoms with Crippen LogP contribution < -0.4 is 20.1 Å². The molecule has 0 bridgehead atoms. The van der Waals surface area contributed by atoms with Crippen molar-refractivity contribution in [2.45, 2.75) is 6.42 Å². The molecule has 0 aliphatic carbocycles. The van der Waals surface area contributed by atoms with E-state index >= 15 is 0 Å². The summed E-state index contributed by atoms with van der Waals surface area (Å²) < 4.78 is 10.5. The van der Waals surface area contributed by atoms with E-state index in [4.69, 9.17) is 9.47 Å². The maximum absolute atomic E-state index is 5.27. The van der Waals surface area contributed by atoms with Crippen LogP contribution in [0.2, 0.25) is 0 Å². The minimum atomic E-state index is 0.777. The van der Waals surface area contributed by atoms with E-state index in [2.05, 4.69) is 16.7 Å². The monoisotopic (exact) mass is 238 g/mol. The molecule has 0 radical (unpaired) electrons. The Morgan fingerprint density at radius 1 is 1.00 bits per heavy atom. The van der Waals surface area contributed by atoms with Crippen molar-refractivity contribution < 1.29 is 9.47 Å². The maximum atomic E-state index is 5.27. The fourth-order valence-corrected chi connectivity index (χ4v) is 1.61. The summed E-state index contributed by atoms with van der Waals surface area (Å²) in [6, 6.07) is 6.04. The molecular formula is C13H22N2O2. The Hall–Kier alpha value is -1.26. The third kappa shape index (κ3) is 4.63. The van der Waals surface area contributed by atoms with Crippen LogP contribution >= 0.6 is 0 Å². The number of likely N-dealkylation sites (N-methyl/N-ethyl adjacent to an activating group) is 1. The Morgan fingerprint density at radius 2 is 1.76 bits per heavy atom. The van der Waals surface area contributed by atoms with Crippen molar-refractivity contribution in [2.24, 2.45) is 0 Å². The third-order valence-electron chi connectivity index (χ3n) is 2.59. The fraction of sp³-hybridized carbons (Fsp3) is 0.538. The van der Waals surface area contributed by atoms with Gasteiger partial charge in [0.1, 0.15) is 0 Å². The van der Waals surface area contributed by atoms with Gasteiger partial charge in [-0.05, 0) is 37.7 Å². The molecule has 1 rings (SSSR count). The first-order chi connectivity index (χ1) is 8.31. The van der Waals surface area contributed by atoms with E-state index in [1.165, 1.54) is 5.56 Å². The summed E-state index contributed by atoms with van der Waals surface area (Å²) in [7, 11) is 5.26. The van der Waals surface area contributed by atoms with Crippen LogP contribution in [0, 0.1) is 0 Å². The van der Waals surface area contributed by atoms with Gasteiger partial charge in [-0.15, -0.1) is 0 Å². The normalized spacial score (nSPS) is 10.3. The average Bonchev–Trinajstić information content (AvgIpc) is 2.38. The van der Waals surface area contributed by atoms with Crippen LogP contribution in [0.5, 0.6) is 11.5 Å². The van der Waals surface area contributed by atoms with Crippen LogP contribution in [0.15, 0.2) is 18.2 Å². The van der Waals surface area contributed by atoms with E-state index < -0.39 is 0 Å². The molecule has 0 amide bonds. The molecule has 2 N–H and O–H groups in total. The topological polar surface area (TPSA) is 42.5 Å². The smallest absolute Gasteiger partial charge is 0.160 e. The zero-order chi connectivity index (χ0) is 12.5. The first-order valence-electron chi connectivity index (χ1n) is 5.88. The summed E-state index contributed by atoms with van der Waals surface area (Å²) in [5.41, 5.74) is 1.25. The average molecular weight is 238 g/mol. The van der Waals surface area contributed by atoms with Crippen LogP contribution in [0.3, 0.4) is 0 Å². The van der Waals surface area contributed by atoms with E-state index in [1.54, 1.807) is 14.2 Å². The molecule has 96 valence electrons. The SMILES string of the molecule is CNCCNCCc1ccc(OC)c(OC)c1. The number of rotatable bonds is 8. The predicted molar refractivity (Wildman–Crippen MR) is 70.0 cm³/mol. The maximum Gasteiger partial charge on any atom is 0.160 e. The van der Waals surface area contributed by atoms with Gasteiger partial charge >= 0.3 is 0 Å². The van der Waals surface area contributed by atoms with Crippen molar-refractivity contribution in [1.29, 1.82) is 0 Å². The molecule has 0 saturated carbocycles. The van der Waals surface area contributed by atoms with Crippen molar-refractivity contribution in [3.05, 3.63) is 23.8 Å². The van der Waals surface area contributed by atoms with Gasteiger partial charge in [-0.1, -0.05) is 6.07 Å². The molecular weight excluding hydrogens is 216 g/mol. The Morgan fingerprint density at radius 3 is 2.41 bits per heavy atom. The quantitative estimate of drug-likeness (QED) is 0.665. The summed E-state index contributed by atoms with van der Waals surface area (Å²) in [5.74, 6) is 1.57. The summed E-state index contributed by atoms with van der Waals surface area (Å²) in [5, 5.41) is 6.47. The molecule has 1 aromatic rings.